The molecule has 0 bridgehead atoms. The van der Waals surface area contributed by atoms with E-state index in [1.165, 1.54) is 0 Å². The maximum Gasteiger partial charge on any atom is 0.317 e. The fourth-order valence-electron chi connectivity index (χ4n) is 4.13. The quantitative estimate of drug-likeness (QED) is 0.690. The van der Waals surface area contributed by atoms with Gasteiger partial charge in [0.1, 0.15) is 5.75 Å². The Bertz CT molecular complexity index is 882. The zero-order chi connectivity index (χ0) is 22.2. The minimum atomic E-state index is -0.0825. The average Bonchev–Trinajstić information content (AvgIpc) is 2.83. The van der Waals surface area contributed by atoms with E-state index >= 15 is 0 Å². The number of methoxy groups -OCH3 is 1. The first-order chi connectivity index (χ1) is 15.0. The van der Waals surface area contributed by atoms with Crippen molar-refractivity contribution < 1.29 is 14.3 Å². The maximum atomic E-state index is 13.0. The summed E-state index contributed by atoms with van der Waals surface area (Å²) in [5.74, 6) is 0.959. The number of hydrogen-bond donors (Lipinski definition) is 2. The summed E-state index contributed by atoms with van der Waals surface area (Å²) >= 11 is 0. The SMILES string of the molecule is CCNC(=O)N1CCC[C@H](c2cccc(C(=O)N[C@@H](CC)c3ccc(OC)cc3)c2)C1. The summed E-state index contributed by atoms with van der Waals surface area (Å²) in [6.45, 7) is 6.08. The van der Waals surface area contributed by atoms with Gasteiger partial charge in [0.15, 0.2) is 0 Å². The largest absolute Gasteiger partial charge is 0.497 e. The number of rotatable bonds is 7. The normalized spacial score (nSPS) is 17.0. The van der Waals surface area contributed by atoms with Crippen molar-refractivity contribution in [3.8, 4) is 5.75 Å². The minimum absolute atomic E-state index is 0.00798. The molecule has 0 spiro atoms. The van der Waals surface area contributed by atoms with Gasteiger partial charge >= 0.3 is 6.03 Å². The topological polar surface area (TPSA) is 70.7 Å². The van der Waals surface area contributed by atoms with Crippen LogP contribution in [0.1, 0.15) is 66.6 Å². The van der Waals surface area contributed by atoms with E-state index in [1.807, 2.05) is 54.3 Å². The first-order valence-electron chi connectivity index (χ1n) is 11.1. The Morgan fingerprint density at radius 1 is 1.16 bits per heavy atom. The van der Waals surface area contributed by atoms with E-state index in [1.54, 1.807) is 7.11 Å². The second-order valence-electron chi connectivity index (χ2n) is 7.95. The molecule has 2 N–H and O–H groups in total. The van der Waals surface area contributed by atoms with E-state index in [2.05, 4.69) is 23.6 Å². The van der Waals surface area contributed by atoms with E-state index in [0.29, 0.717) is 18.7 Å². The van der Waals surface area contributed by atoms with Crippen LogP contribution in [0.2, 0.25) is 0 Å². The number of urea groups is 1. The third-order valence-electron chi connectivity index (χ3n) is 5.89. The first-order valence-corrected chi connectivity index (χ1v) is 11.1. The Kier molecular flexibility index (Phi) is 7.93. The number of likely N-dealkylation sites (tertiary alicyclic amines) is 1. The number of carbonyl (C=O) groups is 2. The number of carbonyl (C=O) groups excluding carboxylic acids is 2. The minimum Gasteiger partial charge on any atom is -0.497 e. The van der Waals surface area contributed by atoms with Crippen molar-refractivity contribution >= 4 is 11.9 Å². The van der Waals surface area contributed by atoms with Crippen LogP contribution < -0.4 is 15.4 Å². The molecule has 2 atom stereocenters. The summed E-state index contributed by atoms with van der Waals surface area (Å²) in [5.41, 5.74) is 2.82. The monoisotopic (exact) mass is 423 g/mol. The number of ether oxygens (including phenoxy) is 1. The zero-order valence-corrected chi connectivity index (χ0v) is 18.7. The van der Waals surface area contributed by atoms with Crippen LogP contribution in [0.25, 0.3) is 0 Å². The lowest BCUT2D eigenvalue weighted by molar-refractivity contribution is 0.0935. The van der Waals surface area contributed by atoms with Gasteiger partial charge in [-0.2, -0.15) is 0 Å². The number of piperidine rings is 1. The molecule has 0 saturated carbocycles. The van der Waals surface area contributed by atoms with Gasteiger partial charge in [0, 0.05) is 31.1 Å². The predicted octanol–water partition coefficient (Wildman–Crippen LogP) is 4.49. The molecule has 6 heteroatoms. The van der Waals surface area contributed by atoms with Crippen molar-refractivity contribution in [1.29, 1.82) is 0 Å². The molecule has 0 radical (unpaired) electrons. The van der Waals surface area contributed by atoms with E-state index in [4.69, 9.17) is 4.74 Å². The predicted molar refractivity (Wildman–Crippen MR) is 123 cm³/mol. The number of hydrogen-bond acceptors (Lipinski definition) is 3. The van der Waals surface area contributed by atoms with E-state index in [-0.39, 0.29) is 23.9 Å². The zero-order valence-electron chi connectivity index (χ0n) is 18.7. The smallest absolute Gasteiger partial charge is 0.317 e. The van der Waals surface area contributed by atoms with Crippen molar-refractivity contribution in [2.75, 3.05) is 26.7 Å². The highest BCUT2D eigenvalue weighted by Gasteiger charge is 2.25. The number of nitrogens with one attached hydrogen (secondary N) is 2. The van der Waals surface area contributed by atoms with E-state index < -0.39 is 0 Å². The standard InChI is InChI=1S/C25H33N3O3/c1-4-23(18-11-13-22(31-3)14-12-18)27-24(29)20-9-6-8-19(16-20)21-10-7-15-28(17-21)25(30)26-5-2/h6,8-9,11-14,16,21,23H,4-5,7,10,15,17H2,1-3H3,(H,26,30)(H,27,29)/t21-,23-/m0/s1. The van der Waals surface area contributed by atoms with Gasteiger partial charge in [-0.25, -0.2) is 4.79 Å². The highest BCUT2D eigenvalue weighted by atomic mass is 16.5. The number of amides is 3. The van der Waals surface area contributed by atoms with Gasteiger partial charge in [-0.1, -0.05) is 31.2 Å². The van der Waals surface area contributed by atoms with Crippen LogP contribution in [0.5, 0.6) is 5.75 Å². The highest BCUT2D eigenvalue weighted by molar-refractivity contribution is 5.94. The summed E-state index contributed by atoms with van der Waals surface area (Å²) in [6.07, 6.45) is 2.78. The van der Waals surface area contributed by atoms with Crippen molar-refractivity contribution in [1.82, 2.24) is 15.5 Å². The van der Waals surface area contributed by atoms with Gasteiger partial charge in [0.05, 0.1) is 13.2 Å². The highest BCUT2D eigenvalue weighted by Crippen LogP contribution is 2.28. The fraction of sp³-hybridized carbons (Fsp3) is 0.440. The summed E-state index contributed by atoms with van der Waals surface area (Å²) in [4.78, 5) is 27.1. The van der Waals surface area contributed by atoms with Crippen molar-refractivity contribution in [2.45, 2.75) is 45.1 Å². The lowest BCUT2D eigenvalue weighted by atomic mass is 9.89. The number of benzene rings is 2. The molecule has 2 aromatic carbocycles. The molecule has 1 saturated heterocycles. The van der Waals surface area contributed by atoms with Crippen LogP contribution in [0.3, 0.4) is 0 Å². The molecular formula is C25H33N3O3. The lowest BCUT2D eigenvalue weighted by Crippen LogP contribution is -2.44. The molecule has 2 aromatic rings. The average molecular weight is 424 g/mol. The Morgan fingerprint density at radius 3 is 2.61 bits per heavy atom. The summed E-state index contributed by atoms with van der Waals surface area (Å²) in [7, 11) is 1.64. The van der Waals surface area contributed by atoms with Gasteiger partial charge < -0.3 is 20.3 Å². The van der Waals surface area contributed by atoms with Crippen molar-refractivity contribution in [3.63, 3.8) is 0 Å². The maximum absolute atomic E-state index is 13.0. The van der Waals surface area contributed by atoms with Crippen molar-refractivity contribution in [3.05, 3.63) is 65.2 Å². The second-order valence-corrected chi connectivity index (χ2v) is 7.95. The van der Waals surface area contributed by atoms with Crippen LogP contribution >= 0.6 is 0 Å². The molecule has 0 aliphatic carbocycles. The van der Waals surface area contributed by atoms with E-state index in [9.17, 15) is 9.59 Å². The van der Waals surface area contributed by atoms with E-state index in [0.717, 1.165) is 42.7 Å². The second kappa shape index (κ2) is 10.8. The lowest BCUT2D eigenvalue weighted by Gasteiger charge is -2.33. The molecule has 0 aromatic heterocycles. The Hall–Kier alpha value is -3.02. The molecule has 3 amide bonds. The molecule has 31 heavy (non-hydrogen) atoms. The fourth-order valence-corrected chi connectivity index (χ4v) is 4.13. The third-order valence-corrected chi connectivity index (χ3v) is 5.89. The van der Waals surface area contributed by atoms with Crippen LogP contribution in [-0.2, 0) is 0 Å². The summed E-state index contributed by atoms with van der Waals surface area (Å²) in [5, 5.41) is 6.04. The molecule has 166 valence electrons. The van der Waals surface area contributed by atoms with Crippen LogP contribution in [0.4, 0.5) is 4.79 Å². The molecule has 1 fully saturated rings. The van der Waals surface area contributed by atoms with Gasteiger partial charge in [-0.15, -0.1) is 0 Å². The third kappa shape index (κ3) is 5.78. The van der Waals surface area contributed by atoms with Gasteiger partial charge in [0.25, 0.3) is 5.91 Å². The Morgan fingerprint density at radius 2 is 1.94 bits per heavy atom. The Labute approximate surface area is 185 Å². The molecule has 1 aliphatic heterocycles. The number of nitrogens with zero attached hydrogens (tertiary/aromatic N) is 1. The molecule has 0 unspecified atom stereocenters. The summed E-state index contributed by atoms with van der Waals surface area (Å²) in [6, 6.07) is 15.5. The molecule has 6 nitrogen and oxygen atoms in total. The molecule has 1 aliphatic rings. The first kappa shape index (κ1) is 22.7. The van der Waals surface area contributed by atoms with Crippen molar-refractivity contribution in [2.24, 2.45) is 0 Å². The summed E-state index contributed by atoms with van der Waals surface area (Å²) < 4.78 is 5.22. The molecular weight excluding hydrogens is 390 g/mol. The van der Waals surface area contributed by atoms with Crippen LogP contribution in [0.15, 0.2) is 48.5 Å². The molecule has 3 rings (SSSR count). The Balaban J connectivity index is 1.69. The van der Waals surface area contributed by atoms with Gasteiger partial charge in [-0.3, -0.25) is 4.79 Å². The van der Waals surface area contributed by atoms with Gasteiger partial charge in [-0.05, 0) is 61.6 Å². The molecule has 1 heterocycles. The van der Waals surface area contributed by atoms with Gasteiger partial charge in [0.2, 0.25) is 0 Å². The van der Waals surface area contributed by atoms with Crippen LogP contribution in [0, 0.1) is 0 Å². The van der Waals surface area contributed by atoms with Crippen LogP contribution in [-0.4, -0.2) is 43.6 Å².